The molecule has 0 aromatic rings. The van der Waals surface area contributed by atoms with E-state index >= 15 is 0 Å². The van der Waals surface area contributed by atoms with Gasteiger partial charge in [-0.3, -0.25) is 0 Å². The standard InChI is InChI=1S/Ca.H4Si.Ti.W.2H/h;1H4;;;;/q+2;;;;2*-1. The van der Waals surface area contributed by atoms with Crippen molar-refractivity contribution in [1.29, 1.82) is 0 Å². The zero-order valence-electron chi connectivity index (χ0n) is 3.62. The van der Waals surface area contributed by atoms with E-state index in [2.05, 4.69) is 0 Å². The molecule has 22 valence electrons. The molecule has 0 aliphatic rings. The van der Waals surface area contributed by atoms with Crippen LogP contribution in [0, 0.1) is 0 Å². The predicted molar refractivity (Wildman–Crippen MR) is 19.3 cm³/mol. The van der Waals surface area contributed by atoms with E-state index in [9.17, 15) is 0 Å². The van der Waals surface area contributed by atoms with Crippen molar-refractivity contribution in [2.24, 2.45) is 0 Å². The largest absolute Gasteiger partial charge is 2.00 e. The molecular weight excluding hydrogens is 300 g/mol. The van der Waals surface area contributed by atoms with Crippen molar-refractivity contribution in [2.75, 3.05) is 0 Å². The molecule has 0 aliphatic heterocycles. The van der Waals surface area contributed by atoms with Crippen LogP contribution in [-0.4, -0.2) is 48.7 Å². The Kier molecular flexibility index (Phi) is 121. The minimum atomic E-state index is 0. The Morgan fingerprint density at radius 3 is 1.25 bits per heavy atom. The van der Waals surface area contributed by atoms with Gasteiger partial charge in [-0.1, -0.05) is 0 Å². The van der Waals surface area contributed by atoms with Gasteiger partial charge in [0, 0.05) is 42.8 Å². The summed E-state index contributed by atoms with van der Waals surface area (Å²) >= 11 is 0. The fourth-order valence-corrected chi connectivity index (χ4v) is 0. The molecule has 0 amide bonds. The van der Waals surface area contributed by atoms with Crippen molar-refractivity contribution in [3.63, 3.8) is 0 Å². The minimum absolute atomic E-state index is 0. The van der Waals surface area contributed by atoms with E-state index in [4.69, 9.17) is 0 Å². The van der Waals surface area contributed by atoms with Gasteiger partial charge in [-0.15, -0.1) is 0 Å². The summed E-state index contributed by atoms with van der Waals surface area (Å²) in [5, 5.41) is 0. The summed E-state index contributed by atoms with van der Waals surface area (Å²) in [5.74, 6) is 0. The van der Waals surface area contributed by atoms with Crippen LogP contribution in [0.1, 0.15) is 2.85 Å². The fourth-order valence-electron chi connectivity index (χ4n) is 0. The van der Waals surface area contributed by atoms with E-state index in [1.165, 1.54) is 0 Å². The van der Waals surface area contributed by atoms with Crippen molar-refractivity contribution < 1.29 is 45.6 Å². The van der Waals surface area contributed by atoms with Crippen LogP contribution in [0.5, 0.6) is 0 Å². The molecule has 0 aromatic heterocycles. The molecule has 0 aliphatic carbocycles. The van der Waals surface area contributed by atoms with Crippen LogP contribution in [0.25, 0.3) is 0 Å². The van der Waals surface area contributed by atoms with Crippen LogP contribution in [0.3, 0.4) is 0 Å². The quantitative estimate of drug-likeness (QED) is 0.472. The van der Waals surface area contributed by atoms with Crippen molar-refractivity contribution in [1.82, 2.24) is 0 Å². The SMILES string of the molecule is [Ca+2].[H-].[H-].[SiH4].[Ti].[W]. The van der Waals surface area contributed by atoms with E-state index < -0.39 is 0 Å². The van der Waals surface area contributed by atoms with Crippen LogP contribution >= 0.6 is 0 Å². The molecule has 0 nitrogen and oxygen atoms in total. The van der Waals surface area contributed by atoms with Gasteiger partial charge >= 0.3 is 37.7 Å². The van der Waals surface area contributed by atoms with E-state index in [1.807, 2.05) is 0 Å². The van der Waals surface area contributed by atoms with Gasteiger partial charge < -0.3 is 2.85 Å². The second kappa shape index (κ2) is 16.9. The van der Waals surface area contributed by atoms with Gasteiger partial charge in [-0.05, 0) is 11.0 Å². The first-order valence-corrected chi connectivity index (χ1v) is 0. The normalized spacial score (nSPS) is 0. The third kappa shape index (κ3) is 8.86. The Hall–Kier alpha value is 2.88. The van der Waals surface area contributed by atoms with Gasteiger partial charge in [0.15, 0.2) is 0 Å². The molecule has 0 aromatic carbocycles. The van der Waals surface area contributed by atoms with E-state index in [0.29, 0.717) is 0 Å². The van der Waals surface area contributed by atoms with E-state index in [-0.39, 0.29) is 94.3 Å². The summed E-state index contributed by atoms with van der Waals surface area (Å²) in [7, 11) is 0. The first kappa shape index (κ1) is 28.7. The summed E-state index contributed by atoms with van der Waals surface area (Å²) in [6.07, 6.45) is 0. The summed E-state index contributed by atoms with van der Waals surface area (Å²) < 4.78 is 0. The van der Waals surface area contributed by atoms with Crippen LogP contribution in [-0.2, 0) is 42.8 Å². The van der Waals surface area contributed by atoms with Gasteiger partial charge in [0.25, 0.3) is 0 Å². The smallest absolute Gasteiger partial charge is 1.00 e. The Balaban J connectivity index is 0. The Labute approximate surface area is 92.6 Å². The molecule has 4 heavy (non-hydrogen) atoms. The molecule has 0 radical (unpaired) electrons. The molecule has 0 atom stereocenters. The van der Waals surface area contributed by atoms with Crippen LogP contribution < -0.4 is 0 Å². The molecule has 0 unspecified atom stereocenters. The summed E-state index contributed by atoms with van der Waals surface area (Å²) in [5.41, 5.74) is 0. The van der Waals surface area contributed by atoms with Crippen LogP contribution in [0.15, 0.2) is 0 Å². The van der Waals surface area contributed by atoms with E-state index in [1.54, 1.807) is 0 Å². The third-order valence-corrected chi connectivity index (χ3v) is 0. The topological polar surface area (TPSA) is 0 Å². The summed E-state index contributed by atoms with van der Waals surface area (Å²) in [6, 6.07) is 0. The monoisotopic (exact) mass is 306 g/mol. The van der Waals surface area contributed by atoms with Crippen molar-refractivity contribution in [3.8, 4) is 0 Å². The van der Waals surface area contributed by atoms with Crippen molar-refractivity contribution >= 4 is 48.7 Å². The summed E-state index contributed by atoms with van der Waals surface area (Å²) in [6.45, 7) is 0. The maximum Gasteiger partial charge on any atom is 2.00 e. The minimum Gasteiger partial charge on any atom is -1.00 e. The number of hydrogen-bond donors (Lipinski definition) is 0. The number of rotatable bonds is 0. The molecule has 0 rings (SSSR count). The van der Waals surface area contributed by atoms with Crippen molar-refractivity contribution in [2.45, 2.75) is 0 Å². The molecule has 0 bridgehead atoms. The van der Waals surface area contributed by atoms with Gasteiger partial charge in [0.05, 0.1) is 0 Å². The second-order valence-electron chi connectivity index (χ2n) is 0. The molecule has 0 N–H and O–H groups in total. The maximum atomic E-state index is 0. The molecule has 0 saturated carbocycles. The zero-order valence-corrected chi connectivity index (χ0v) is 8.32. The average Bonchev–Trinajstić information content (AvgIpc) is 0. The number of hydrogen-bond acceptors (Lipinski definition) is 0. The Morgan fingerprint density at radius 1 is 1.25 bits per heavy atom. The molecule has 0 spiro atoms. The molecule has 0 fully saturated rings. The Bertz CT molecular complexity index is 13.5. The summed E-state index contributed by atoms with van der Waals surface area (Å²) in [4.78, 5) is 0. The molecule has 0 heterocycles. The van der Waals surface area contributed by atoms with E-state index in [0.717, 1.165) is 0 Å². The fraction of sp³-hybridized carbons (Fsp3) is 0. The van der Waals surface area contributed by atoms with Gasteiger partial charge in [-0.25, -0.2) is 0 Å². The molecule has 0 saturated heterocycles. The first-order valence-electron chi connectivity index (χ1n) is 0. The zero-order chi connectivity index (χ0) is 0. The Morgan fingerprint density at radius 2 is 1.25 bits per heavy atom. The van der Waals surface area contributed by atoms with Gasteiger partial charge in [0.2, 0.25) is 0 Å². The van der Waals surface area contributed by atoms with Crippen LogP contribution in [0.4, 0.5) is 0 Å². The first-order chi connectivity index (χ1) is 0. The van der Waals surface area contributed by atoms with Gasteiger partial charge in [0.1, 0.15) is 0 Å². The average molecular weight is 306 g/mol. The molecule has 4 heteroatoms. The van der Waals surface area contributed by atoms with Crippen molar-refractivity contribution in [3.05, 3.63) is 0 Å². The second-order valence-corrected chi connectivity index (χ2v) is 0. The third-order valence-electron chi connectivity index (χ3n) is 0. The maximum absolute atomic E-state index is 0. The van der Waals surface area contributed by atoms with Gasteiger partial charge in [-0.2, -0.15) is 0 Å². The molecular formula is H6CaSiTiW. The van der Waals surface area contributed by atoms with Crippen LogP contribution in [0.2, 0.25) is 0 Å². The predicted octanol–water partition coefficient (Wildman–Crippen LogP) is -1.61.